The summed E-state index contributed by atoms with van der Waals surface area (Å²) in [6.45, 7) is 7.15. The number of hydrogen-bond acceptors (Lipinski definition) is 5. The Bertz CT molecular complexity index is 531. The van der Waals surface area contributed by atoms with E-state index < -0.39 is 0 Å². The molecule has 18 heavy (non-hydrogen) atoms. The largest absolute Gasteiger partial charge is 0.367 e. The highest BCUT2D eigenvalue weighted by molar-refractivity contribution is 5.87. The molecule has 0 amide bonds. The molecule has 6 heteroatoms. The first-order chi connectivity index (χ1) is 8.61. The van der Waals surface area contributed by atoms with Gasteiger partial charge in [0.15, 0.2) is 5.65 Å². The zero-order valence-electron chi connectivity index (χ0n) is 11.4. The quantitative estimate of drug-likeness (QED) is 0.847. The van der Waals surface area contributed by atoms with E-state index in [-0.39, 0.29) is 0 Å². The van der Waals surface area contributed by atoms with Crippen LogP contribution in [0.15, 0.2) is 6.20 Å². The first-order valence-corrected chi connectivity index (χ1v) is 6.32. The van der Waals surface area contributed by atoms with Gasteiger partial charge in [-0.2, -0.15) is 15.1 Å². The first-order valence-electron chi connectivity index (χ1n) is 6.32. The normalized spacial score (nSPS) is 11.2. The fourth-order valence-corrected chi connectivity index (χ4v) is 1.72. The summed E-state index contributed by atoms with van der Waals surface area (Å²) in [6.07, 6.45) is 2.84. The van der Waals surface area contributed by atoms with E-state index in [1.807, 2.05) is 7.05 Å². The maximum absolute atomic E-state index is 4.51. The zero-order chi connectivity index (χ0) is 13.1. The molecule has 0 aliphatic heterocycles. The second-order valence-corrected chi connectivity index (χ2v) is 4.63. The summed E-state index contributed by atoms with van der Waals surface area (Å²) in [7, 11) is 1.89. The molecule has 0 fully saturated rings. The smallest absolute Gasteiger partial charge is 0.226 e. The van der Waals surface area contributed by atoms with Crippen molar-refractivity contribution in [1.29, 1.82) is 0 Å². The Labute approximate surface area is 107 Å². The van der Waals surface area contributed by atoms with Crippen LogP contribution in [0, 0.1) is 0 Å². The van der Waals surface area contributed by atoms with Gasteiger partial charge in [-0.05, 0) is 20.3 Å². The first kappa shape index (κ1) is 12.6. The molecule has 2 aromatic rings. The molecule has 0 spiro atoms. The molecule has 2 rings (SSSR count). The Morgan fingerprint density at radius 1 is 1.33 bits per heavy atom. The third-order valence-electron chi connectivity index (χ3n) is 2.55. The number of aromatic nitrogens is 4. The number of nitrogens with one attached hydrogen (secondary N) is 2. The van der Waals surface area contributed by atoms with Crippen LogP contribution in [0.25, 0.3) is 11.0 Å². The van der Waals surface area contributed by atoms with E-state index in [0.29, 0.717) is 12.0 Å². The minimum atomic E-state index is 0.322. The van der Waals surface area contributed by atoms with Gasteiger partial charge in [0.1, 0.15) is 5.82 Å². The Balaban J connectivity index is 2.44. The molecule has 98 valence electrons. The van der Waals surface area contributed by atoms with Crippen molar-refractivity contribution in [3.63, 3.8) is 0 Å². The summed E-state index contributed by atoms with van der Waals surface area (Å²) in [4.78, 5) is 8.98. The molecule has 0 aliphatic carbocycles. The molecule has 0 bridgehead atoms. The van der Waals surface area contributed by atoms with Gasteiger partial charge in [-0.15, -0.1) is 0 Å². The molecule has 0 saturated heterocycles. The lowest BCUT2D eigenvalue weighted by molar-refractivity contribution is 0.785. The predicted molar refractivity (Wildman–Crippen MR) is 73.8 cm³/mol. The van der Waals surface area contributed by atoms with Gasteiger partial charge in [-0.1, -0.05) is 6.92 Å². The second kappa shape index (κ2) is 5.20. The van der Waals surface area contributed by atoms with Crippen LogP contribution in [0.3, 0.4) is 0 Å². The maximum Gasteiger partial charge on any atom is 0.226 e. The SMILES string of the molecule is CCCNc1nc(NC(C)C)c2cnn(C)c2n1. The van der Waals surface area contributed by atoms with E-state index >= 15 is 0 Å². The van der Waals surface area contributed by atoms with Crippen molar-refractivity contribution in [2.75, 3.05) is 17.2 Å². The second-order valence-electron chi connectivity index (χ2n) is 4.63. The minimum absolute atomic E-state index is 0.322. The third kappa shape index (κ3) is 2.52. The van der Waals surface area contributed by atoms with Crippen molar-refractivity contribution in [3.05, 3.63) is 6.20 Å². The summed E-state index contributed by atoms with van der Waals surface area (Å²) < 4.78 is 1.76. The summed E-state index contributed by atoms with van der Waals surface area (Å²) in [5.74, 6) is 1.48. The van der Waals surface area contributed by atoms with Crippen molar-refractivity contribution >= 4 is 22.8 Å². The van der Waals surface area contributed by atoms with Gasteiger partial charge in [-0.25, -0.2) is 0 Å². The molecule has 0 radical (unpaired) electrons. The molecule has 0 aromatic carbocycles. The van der Waals surface area contributed by atoms with Crippen LogP contribution >= 0.6 is 0 Å². The molecule has 0 unspecified atom stereocenters. The van der Waals surface area contributed by atoms with Gasteiger partial charge in [0.25, 0.3) is 0 Å². The Hall–Kier alpha value is -1.85. The summed E-state index contributed by atoms with van der Waals surface area (Å²) >= 11 is 0. The van der Waals surface area contributed by atoms with Crippen LogP contribution in [0.2, 0.25) is 0 Å². The fourth-order valence-electron chi connectivity index (χ4n) is 1.72. The summed E-state index contributed by atoms with van der Waals surface area (Å²) in [6, 6.07) is 0.322. The summed E-state index contributed by atoms with van der Waals surface area (Å²) in [5, 5.41) is 11.7. The zero-order valence-corrected chi connectivity index (χ0v) is 11.4. The van der Waals surface area contributed by atoms with Crippen molar-refractivity contribution in [3.8, 4) is 0 Å². The Morgan fingerprint density at radius 2 is 2.11 bits per heavy atom. The topological polar surface area (TPSA) is 67.7 Å². The average Bonchev–Trinajstić information content (AvgIpc) is 2.68. The molecule has 0 atom stereocenters. The van der Waals surface area contributed by atoms with E-state index in [2.05, 4.69) is 46.5 Å². The summed E-state index contributed by atoms with van der Waals surface area (Å²) in [5.41, 5.74) is 0.840. The van der Waals surface area contributed by atoms with Crippen molar-refractivity contribution in [1.82, 2.24) is 19.7 Å². The highest BCUT2D eigenvalue weighted by Gasteiger charge is 2.11. The van der Waals surface area contributed by atoms with Crippen LogP contribution in [-0.4, -0.2) is 32.3 Å². The van der Waals surface area contributed by atoms with Crippen LogP contribution in [0.1, 0.15) is 27.2 Å². The van der Waals surface area contributed by atoms with Gasteiger partial charge in [0.05, 0.1) is 11.6 Å². The number of fused-ring (bicyclic) bond motifs is 1. The van der Waals surface area contributed by atoms with Crippen LogP contribution in [0.4, 0.5) is 11.8 Å². The Kier molecular flexibility index (Phi) is 3.64. The van der Waals surface area contributed by atoms with Gasteiger partial charge < -0.3 is 10.6 Å². The standard InChI is InChI=1S/C12H20N6/c1-5-6-13-12-16-10(15-8(2)3)9-7-14-18(4)11(9)17-12/h7-8H,5-6H2,1-4H3,(H2,13,15,16,17). The van der Waals surface area contributed by atoms with Gasteiger partial charge in [0, 0.05) is 19.6 Å². The average molecular weight is 248 g/mol. The van der Waals surface area contributed by atoms with Crippen LogP contribution in [0.5, 0.6) is 0 Å². The van der Waals surface area contributed by atoms with E-state index in [1.165, 1.54) is 0 Å². The van der Waals surface area contributed by atoms with Crippen LogP contribution in [-0.2, 0) is 7.05 Å². The fraction of sp³-hybridized carbons (Fsp3) is 0.583. The molecule has 6 nitrogen and oxygen atoms in total. The Morgan fingerprint density at radius 3 is 2.78 bits per heavy atom. The lowest BCUT2D eigenvalue weighted by Gasteiger charge is -2.12. The van der Waals surface area contributed by atoms with Crippen molar-refractivity contribution in [2.45, 2.75) is 33.2 Å². The molecular formula is C12H20N6. The molecule has 2 heterocycles. The highest BCUT2D eigenvalue weighted by atomic mass is 15.3. The lowest BCUT2D eigenvalue weighted by atomic mass is 10.3. The predicted octanol–water partition coefficient (Wildman–Crippen LogP) is 2.01. The van der Waals surface area contributed by atoms with Crippen molar-refractivity contribution in [2.24, 2.45) is 7.05 Å². The van der Waals surface area contributed by atoms with E-state index in [1.54, 1.807) is 10.9 Å². The van der Waals surface area contributed by atoms with Gasteiger partial charge in [-0.3, -0.25) is 4.68 Å². The molecule has 2 N–H and O–H groups in total. The lowest BCUT2D eigenvalue weighted by Crippen LogP contribution is -2.13. The monoisotopic (exact) mass is 248 g/mol. The number of aryl methyl sites for hydroxylation is 1. The molecule has 0 aliphatic rings. The third-order valence-corrected chi connectivity index (χ3v) is 2.55. The number of nitrogens with zero attached hydrogens (tertiary/aromatic N) is 4. The van der Waals surface area contributed by atoms with Gasteiger partial charge >= 0.3 is 0 Å². The number of anilines is 2. The minimum Gasteiger partial charge on any atom is -0.367 e. The van der Waals surface area contributed by atoms with E-state index in [9.17, 15) is 0 Å². The molecule has 0 saturated carbocycles. The highest BCUT2D eigenvalue weighted by Crippen LogP contribution is 2.21. The molecule has 2 aromatic heterocycles. The maximum atomic E-state index is 4.51. The number of rotatable bonds is 5. The van der Waals surface area contributed by atoms with E-state index in [4.69, 9.17) is 0 Å². The van der Waals surface area contributed by atoms with Gasteiger partial charge in [0.2, 0.25) is 5.95 Å². The van der Waals surface area contributed by atoms with Crippen LogP contribution < -0.4 is 10.6 Å². The van der Waals surface area contributed by atoms with Crippen molar-refractivity contribution < 1.29 is 0 Å². The molecular weight excluding hydrogens is 228 g/mol. The van der Waals surface area contributed by atoms with E-state index in [0.717, 1.165) is 29.8 Å². The number of hydrogen-bond donors (Lipinski definition) is 2.